The summed E-state index contributed by atoms with van der Waals surface area (Å²) in [7, 11) is 1.84. The predicted molar refractivity (Wildman–Crippen MR) is 113 cm³/mol. The van der Waals surface area contributed by atoms with E-state index in [0.29, 0.717) is 17.9 Å². The van der Waals surface area contributed by atoms with E-state index in [2.05, 4.69) is 30.7 Å². The van der Waals surface area contributed by atoms with Gasteiger partial charge in [0.15, 0.2) is 5.82 Å². The van der Waals surface area contributed by atoms with Crippen LogP contribution < -0.4 is 9.80 Å². The van der Waals surface area contributed by atoms with Gasteiger partial charge in [-0.3, -0.25) is 0 Å². The number of hydrogen-bond donors (Lipinski definition) is 0. The highest BCUT2D eigenvalue weighted by Crippen LogP contribution is 2.45. The summed E-state index contributed by atoms with van der Waals surface area (Å²) in [5, 5.41) is 0. The Balaban J connectivity index is 1.87. The molecule has 4 nitrogen and oxygen atoms in total. The normalized spacial score (nSPS) is 14.2. The minimum Gasteiger partial charge on any atom is -0.352 e. The van der Waals surface area contributed by atoms with Crippen molar-refractivity contribution >= 4 is 17.2 Å². The molecular weight excluding hydrogens is 389 g/mol. The van der Waals surface area contributed by atoms with Gasteiger partial charge in [0.1, 0.15) is 5.69 Å². The number of anilines is 3. The third-order valence-electron chi connectivity index (χ3n) is 5.20. The van der Waals surface area contributed by atoms with Gasteiger partial charge in [-0.15, -0.1) is 0 Å². The molecule has 2 heterocycles. The van der Waals surface area contributed by atoms with Crippen LogP contribution in [0.25, 0.3) is 11.3 Å². The van der Waals surface area contributed by atoms with E-state index >= 15 is 0 Å². The Labute approximate surface area is 174 Å². The largest absolute Gasteiger partial charge is 0.451 e. The summed E-state index contributed by atoms with van der Waals surface area (Å²) >= 11 is 0. The van der Waals surface area contributed by atoms with Crippen molar-refractivity contribution in [2.75, 3.05) is 23.5 Å². The summed E-state index contributed by atoms with van der Waals surface area (Å²) in [4.78, 5) is 11.5. The first kappa shape index (κ1) is 20.2. The zero-order chi connectivity index (χ0) is 21.7. The Kier molecular flexibility index (Phi) is 4.71. The maximum absolute atomic E-state index is 13.6. The van der Waals surface area contributed by atoms with E-state index in [4.69, 9.17) is 0 Å². The van der Waals surface area contributed by atoms with Crippen LogP contribution in [0.1, 0.15) is 32.2 Å². The Hall–Kier alpha value is -3.09. The SMILES string of the molecule is CN1CN(c2ccc(C(C)(C)C)cc2)c2nc(C(F)(F)F)nc(-c3ccccc3)c21. The molecule has 0 atom stereocenters. The van der Waals surface area contributed by atoms with Crippen molar-refractivity contribution in [1.29, 1.82) is 0 Å². The van der Waals surface area contributed by atoms with Crippen LogP contribution in [0.15, 0.2) is 54.6 Å². The van der Waals surface area contributed by atoms with Crippen molar-refractivity contribution in [3.8, 4) is 11.3 Å². The van der Waals surface area contributed by atoms with Crippen LogP contribution in [0.4, 0.5) is 30.4 Å². The molecule has 7 heteroatoms. The van der Waals surface area contributed by atoms with E-state index in [9.17, 15) is 13.2 Å². The van der Waals surface area contributed by atoms with Crippen LogP contribution >= 0.6 is 0 Å². The average Bonchev–Trinajstić information content (AvgIpc) is 3.03. The van der Waals surface area contributed by atoms with Crippen molar-refractivity contribution in [3.63, 3.8) is 0 Å². The second-order valence-electron chi connectivity index (χ2n) is 8.50. The maximum atomic E-state index is 13.6. The lowest BCUT2D eigenvalue weighted by atomic mass is 9.87. The van der Waals surface area contributed by atoms with Crippen molar-refractivity contribution in [2.24, 2.45) is 0 Å². The Morgan fingerprint density at radius 1 is 0.867 bits per heavy atom. The van der Waals surface area contributed by atoms with Crippen molar-refractivity contribution < 1.29 is 13.2 Å². The van der Waals surface area contributed by atoms with Gasteiger partial charge in [0, 0.05) is 18.3 Å². The zero-order valence-electron chi connectivity index (χ0n) is 17.3. The van der Waals surface area contributed by atoms with Crippen molar-refractivity contribution in [2.45, 2.75) is 32.4 Å². The lowest BCUT2D eigenvalue weighted by Gasteiger charge is -2.22. The minimum atomic E-state index is -4.64. The molecule has 4 rings (SSSR count). The highest BCUT2D eigenvalue weighted by atomic mass is 19.4. The van der Waals surface area contributed by atoms with Gasteiger partial charge < -0.3 is 9.80 Å². The first-order valence-corrected chi connectivity index (χ1v) is 9.69. The molecule has 0 amide bonds. The molecule has 0 N–H and O–H groups in total. The fourth-order valence-corrected chi connectivity index (χ4v) is 3.60. The van der Waals surface area contributed by atoms with Crippen LogP contribution in [0.2, 0.25) is 0 Å². The molecule has 1 aliphatic heterocycles. The molecule has 0 aliphatic carbocycles. The molecule has 0 radical (unpaired) electrons. The van der Waals surface area contributed by atoms with Gasteiger partial charge in [0.05, 0.1) is 12.4 Å². The Bertz CT molecular complexity index is 1050. The molecule has 1 aromatic heterocycles. The van der Waals surface area contributed by atoms with Crippen molar-refractivity contribution in [1.82, 2.24) is 9.97 Å². The summed E-state index contributed by atoms with van der Waals surface area (Å²) in [6, 6.07) is 16.8. The van der Waals surface area contributed by atoms with Gasteiger partial charge in [0.2, 0.25) is 5.82 Å². The molecule has 0 bridgehead atoms. The Morgan fingerprint density at radius 3 is 2.07 bits per heavy atom. The van der Waals surface area contributed by atoms with Crippen molar-refractivity contribution in [3.05, 3.63) is 66.0 Å². The molecule has 3 aromatic rings. The summed E-state index contributed by atoms with van der Waals surface area (Å²) in [5.41, 5.74) is 3.43. The monoisotopic (exact) mass is 412 g/mol. The molecule has 2 aromatic carbocycles. The molecule has 30 heavy (non-hydrogen) atoms. The van der Waals surface area contributed by atoms with Gasteiger partial charge in [-0.05, 0) is 23.1 Å². The number of nitrogens with zero attached hydrogens (tertiary/aromatic N) is 4. The highest BCUT2D eigenvalue weighted by molar-refractivity contribution is 5.89. The third kappa shape index (κ3) is 3.60. The summed E-state index contributed by atoms with van der Waals surface area (Å²) in [5.74, 6) is -0.867. The number of rotatable bonds is 2. The number of fused-ring (bicyclic) bond motifs is 1. The summed E-state index contributed by atoms with van der Waals surface area (Å²) < 4.78 is 40.8. The van der Waals surface area contributed by atoms with E-state index in [-0.39, 0.29) is 16.9 Å². The van der Waals surface area contributed by atoms with Crippen LogP contribution in [-0.4, -0.2) is 23.7 Å². The first-order valence-electron chi connectivity index (χ1n) is 9.69. The fraction of sp³-hybridized carbons (Fsp3) is 0.304. The van der Waals surface area contributed by atoms with E-state index in [0.717, 1.165) is 11.3 Å². The minimum absolute atomic E-state index is 0.00958. The summed E-state index contributed by atoms with van der Waals surface area (Å²) in [6.07, 6.45) is -4.64. The standard InChI is InChI=1S/C23H23F3N4/c1-22(2,3)16-10-12-17(13-11-16)30-14-29(4)19-18(15-8-6-5-7-9-15)27-21(23(24,25)26)28-20(19)30/h5-13H,14H2,1-4H3. The topological polar surface area (TPSA) is 32.3 Å². The lowest BCUT2D eigenvalue weighted by molar-refractivity contribution is -0.144. The molecule has 0 spiro atoms. The molecule has 0 saturated carbocycles. The van der Waals surface area contributed by atoms with E-state index in [1.165, 1.54) is 0 Å². The molecule has 0 unspecified atom stereocenters. The molecule has 156 valence electrons. The summed E-state index contributed by atoms with van der Waals surface area (Å²) in [6.45, 7) is 6.75. The average molecular weight is 412 g/mol. The zero-order valence-corrected chi connectivity index (χ0v) is 17.3. The van der Waals surface area contributed by atoms with Gasteiger partial charge >= 0.3 is 6.18 Å². The second-order valence-corrected chi connectivity index (χ2v) is 8.50. The molecule has 1 aliphatic rings. The molecule has 0 saturated heterocycles. The number of alkyl halides is 3. The van der Waals surface area contributed by atoms with Gasteiger partial charge in [-0.25, -0.2) is 9.97 Å². The fourth-order valence-electron chi connectivity index (χ4n) is 3.60. The van der Waals surface area contributed by atoms with Crippen LogP contribution in [0.3, 0.4) is 0 Å². The van der Waals surface area contributed by atoms with Crippen LogP contribution in [0, 0.1) is 0 Å². The van der Waals surface area contributed by atoms with Crippen LogP contribution in [0.5, 0.6) is 0 Å². The van der Waals surface area contributed by atoms with E-state index in [1.807, 2.05) is 42.3 Å². The van der Waals surface area contributed by atoms with E-state index < -0.39 is 12.0 Å². The number of hydrogen-bond acceptors (Lipinski definition) is 4. The smallest absolute Gasteiger partial charge is 0.352 e. The van der Waals surface area contributed by atoms with E-state index in [1.54, 1.807) is 29.2 Å². The van der Waals surface area contributed by atoms with Gasteiger partial charge in [-0.1, -0.05) is 63.2 Å². The second kappa shape index (κ2) is 7.00. The Morgan fingerprint density at radius 2 is 1.50 bits per heavy atom. The molecular formula is C23H23F3N4. The first-order chi connectivity index (χ1) is 14.1. The molecule has 0 fully saturated rings. The number of halogens is 3. The van der Waals surface area contributed by atoms with Crippen LogP contribution in [-0.2, 0) is 11.6 Å². The lowest BCUT2D eigenvalue weighted by Crippen LogP contribution is -2.24. The third-order valence-corrected chi connectivity index (χ3v) is 5.20. The number of aromatic nitrogens is 2. The number of benzene rings is 2. The van der Waals surface area contributed by atoms with Gasteiger partial charge in [-0.2, -0.15) is 13.2 Å². The quantitative estimate of drug-likeness (QED) is 0.516. The van der Waals surface area contributed by atoms with Gasteiger partial charge in [0.25, 0.3) is 0 Å². The highest BCUT2D eigenvalue weighted by Gasteiger charge is 2.40. The maximum Gasteiger partial charge on any atom is 0.451 e. The predicted octanol–water partition coefficient (Wildman–Crippen LogP) is 6.01.